The molecule has 0 spiro atoms. The summed E-state index contributed by atoms with van der Waals surface area (Å²) >= 11 is 0. The normalized spacial score (nSPS) is 14.4. The van der Waals surface area contributed by atoms with Crippen LogP contribution in [0.2, 0.25) is 0 Å². The summed E-state index contributed by atoms with van der Waals surface area (Å²) in [4.78, 5) is 15.1. The summed E-state index contributed by atoms with van der Waals surface area (Å²) in [6.45, 7) is 11.5. The molecule has 6 nitrogen and oxygen atoms in total. The number of carbonyl (C=O) groups is 1. The van der Waals surface area contributed by atoms with Crippen molar-refractivity contribution in [3.63, 3.8) is 0 Å². The number of hydrogen-bond donors (Lipinski definition) is 2. The number of benzene rings is 2. The first kappa shape index (κ1) is 25.2. The standard InChI is InChI=1S/C28H34N4O2/c1-17(2)34-11-10-26(30)20(5)27(31)24-13-25(19(4)12-18(24)3)28(33)32-15-23(16-32)22-8-6-21(14-29)7-9-22/h6-9,12-13,17,23,30H,10-11,15-16,31H2,1-5H3/b27-20-,30-26?. The van der Waals surface area contributed by atoms with Gasteiger partial charge in [0.05, 0.1) is 24.3 Å². The van der Waals surface area contributed by atoms with Gasteiger partial charge in [0.25, 0.3) is 5.91 Å². The van der Waals surface area contributed by atoms with E-state index in [-0.39, 0.29) is 17.9 Å². The van der Waals surface area contributed by atoms with E-state index in [1.165, 1.54) is 0 Å². The Morgan fingerprint density at radius 2 is 1.79 bits per heavy atom. The molecule has 1 heterocycles. The van der Waals surface area contributed by atoms with E-state index >= 15 is 0 Å². The summed E-state index contributed by atoms with van der Waals surface area (Å²) < 4.78 is 5.57. The number of aryl methyl sites for hydroxylation is 2. The van der Waals surface area contributed by atoms with E-state index in [9.17, 15) is 4.79 Å². The van der Waals surface area contributed by atoms with Crippen molar-refractivity contribution in [3.05, 3.63) is 75.4 Å². The molecule has 1 aliphatic rings. The number of amides is 1. The first-order chi connectivity index (χ1) is 16.1. The molecule has 1 aliphatic heterocycles. The summed E-state index contributed by atoms with van der Waals surface area (Å²) in [5, 5.41) is 17.4. The van der Waals surface area contributed by atoms with Crippen molar-refractivity contribution < 1.29 is 9.53 Å². The van der Waals surface area contributed by atoms with Crippen molar-refractivity contribution in [1.82, 2.24) is 4.90 Å². The molecule has 0 radical (unpaired) electrons. The highest BCUT2D eigenvalue weighted by Crippen LogP contribution is 2.30. The molecule has 0 aliphatic carbocycles. The van der Waals surface area contributed by atoms with Crippen LogP contribution >= 0.6 is 0 Å². The lowest BCUT2D eigenvalue weighted by Crippen LogP contribution is -2.48. The number of nitrogens with two attached hydrogens (primary N) is 1. The maximum Gasteiger partial charge on any atom is 0.254 e. The van der Waals surface area contributed by atoms with Gasteiger partial charge in [-0.2, -0.15) is 5.26 Å². The maximum absolute atomic E-state index is 13.3. The van der Waals surface area contributed by atoms with Crippen LogP contribution in [0.25, 0.3) is 5.70 Å². The maximum atomic E-state index is 13.3. The third kappa shape index (κ3) is 5.55. The van der Waals surface area contributed by atoms with Crippen LogP contribution in [0.4, 0.5) is 0 Å². The van der Waals surface area contributed by atoms with Crippen LogP contribution in [0.3, 0.4) is 0 Å². The highest BCUT2D eigenvalue weighted by Gasteiger charge is 2.33. The van der Waals surface area contributed by atoms with Gasteiger partial charge < -0.3 is 20.8 Å². The number of nitriles is 1. The molecule has 2 aromatic rings. The predicted octanol–water partition coefficient (Wildman–Crippen LogP) is 4.94. The molecule has 0 saturated carbocycles. The molecule has 0 bridgehead atoms. The zero-order valence-electron chi connectivity index (χ0n) is 20.7. The Kier molecular flexibility index (Phi) is 7.90. The molecule has 3 rings (SSSR count). The number of ether oxygens (including phenoxy) is 1. The van der Waals surface area contributed by atoms with Crippen molar-refractivity contribution in [2.24, 2.45) is 5.73 Å². The Bertz CT molecular complexity index is 1150. The minimum atomic E-state index is -0.00509. The molecule has 2 aromatic carbocycles. The van der Waals surface area contributed by atoms with Crippen molar-refractivity contribution in [1.29, 1.82) is 10.7 Å². The molecular formula is C28H34N4O2. The molecule has 34 heavy (non-hydrogen) atoms. The van der Waals surface area contributed by atoms with Crippen molar-refractivity contribution in [3.8, 4) is 6.07 Å². The highest BCUT2D eigenvalue weighted by atomic mass is 16.5. The van der Waals surface area contributed by atoms with Gasteiger partial charge in [-0.3, -0.25) is 4.79 Å². The quantitative estimate of drug-likeness (QED) is 0.547. The second kappa shape index (κ2) is 10.7. The van der Waals surface area contributed by atoms with Gasteiger partial charge in [-0.05, 0) is 75.1 Å². The number of rotatable bonds is 8. The third-order valence-electron chi connectivity index (χ3n) is 6.43. The average Bonchev–Trinajstić information content (AvgIpc) is 2.77. The van der Waals surface area contributed by atoms with Crippen LogP contribution in [0, 0.1) is 30.6 Å². The lowest BCUT2D eigenvalue weighted by atomic mass is 9.89. The number of nitrogens with zero attached hydrogens (tertiary/aromatic N) is 2. The fourth-order valence-electron chi connectivity index (χ4n) is 4.18. The molecule has 6 heteroatoms. The van der Waals surface area contributed by atoms with Gasteiger partial charge in [-0.15, -0.1) is 0 Å². The molecule has 3 N–H and O–H groups in total. The van der Waals surface area contributed by atoms with Crippen molar-refractivity contribution in [2.45, 2.75) is 53.1 Å². The first-order valence-electron chi connectivity index (χ1n) is 11.7. The Morgan fingerprint density at radius 3 is 2.38 bits per heavy atom. The lowest BCUT2D eigenvalue weighted by molar-refractivity contribution is 0.0601. The average molecular weight is 459 g/mol. The largest absolute Gasteiger partial charge is 0.398 e. The number of carbonyl (C=O) groups excluding carboxylic acids is 1. The van der Waals surface area contributed by atoms with E-state index in [1.807, 2.05) is 75.9 Å². The SMILES string of the molecule is C/C(C(=N)CCOC(C)C)=C(/N)c1cc(C(=O)N2CC(c3ccc(C#N)cc3)C2)c(C)cc1C. The minimum Gasteiger partial charge on any atom is -0.398 e. The van der Waals surface area contributed by atoms with E-state index in [1.54, 1.807) is 0 Å². The Balaban J connectivity index is 1.75. The molecular weight excluding hydrogens is 424 g/mol. The Labute approximate surface area is 202 Å². The zero-order valence-corrected chi connectivity index (χ0v) is 20.7. The van der Waals surface area contributed by atoms with Gasteiger partial charge in [-0.25, -0.2) is 0 Å². The van der Waals surface area contributed by atoms with Crippen LogP contribution in [0.1, 0.15) is 71.3 Å². The summed E-state index contributed by atoms with van der Waals surface area (Å²) in [5.74, 6) is 0.275. The van der Waals surface area contributed by atoms with Crippen molar-refractivity contribution in [2.75, 3.05) is 19.7 Å². The van der Waals surface area contributed by atoms with Gasteiger partial charge in [-0.1, -0.05) is 18.2 Å². The highest BCUT2D eigenvalue weighted by molar-refractivity contribution is 6.04. The third-order valence-corrected chi connectivity index (χ3v) is 6.43. The summed E-state index contributed by atoms with van der Waals surface area (Å²) in [6, 6.07) is 13.6. The van der Waals surface area contributed by atoms with Gasteiger partial charge in [0.1, 0.15) is 0 Å². The van der Waals surface area contributed by atoms with E-state index in [2.05, 4.69) is 6.07 Å². The second-order valence-corrected chi connectivity index (χ2v) is 9.31. The predicted molar refractivity (Wildman–Crippen MR) is 136 cm³/mol. The van der Waals surface area contributed by atoms with Crippen LogP contribution in [0.5, 0.6) is 0 Å². The molecule has 1 fully saturated rings. The fourth-order valence-corrected chi connectivity index (χ4v) is 4.18. The molecule has 1 saturated heterocycles. The van der Waals surface area contributed by atoms with Crippen LogP contribution in [0.15, 0.2) is 42.0 Å². The van der Waals surface area contributed by atoms with E-state index in [0.717, 1.165) is 22.3 Å². The van der Waals surface area contributed by atoms with Gasteiger partial charge in [0.15, 0.2) is 0 Å². The number of nitrogens with one attached hydrogen (secondary N) is 1. The number of allylic oxidation sites excluding steroid dienone is 1. The van der Waals surface area contributed by atoms with Gasteiger partial charge in [0.2, 0.25) is 0 Å². The van der Waals surface area contributed by atoms with Crippen LogP contribution < -0.4 is 5.73 Å². The molecule has 1 amide bonds. The smallest absolute Gasteiger partial charge is 0.254 e. The summed E-state index contributed by atoms with van der Waals surface area (Å²) in [7, 11) is 0. The summed E-state index contributed by atoms with van der Waals surface area (Å²) in [5.41, 5.74) is 13.3. The molecule has 0 aromatic heterocycles. The lowest BCUT2D eigenvalue weighted by Gasteiger charge is -2.40. The van der Waals surface area contributed by atoms with Gasteiger partial charge >= 0.3 is 0 Å². The second-order valence-electron chi connectivity index (χ2n) is 9.31. The Morgan fingerprint density at radius 1 is 1.18 bits per heavy atom. The molecule has 0 unspecified atom stereocenters. The number of likely N-dealkylation sites (tertiary alicyclic amines) is 1. The van der Waals surface area contributed by atoms with E-state index < -0.39 is 0 Å². The Hall–Kier alpha value is -3.43. The van der Waals surface area contributed by atoms with Crippen LogP contribution in [-0.4, -0.2) is 42.3 Å². The monoisotopic (exact) mass is 458 g/mol. The van der Waals surface area contributed by atoms with Gasteiger partial charge in [0, 0.05) is 48.0 Å². The first-order valence-corrected chi connectivity index (χ1v) is 11.7. The van der Waals surface area contributed by atoms with Crippen molar-refractivity contribution >= 4 is 17.3 Å². The number of hydrogen-bond acceptors (Lipinski definition) is 5. The zero-order chi connectivity index (χ0) is 25.0. The van der Waals surface area contributed by atoms with Crippen LogP contribution in [-0.2, 0) is 4.74 Å². The van der Waals surface area contributed by atoms with E-state index in [4.69, 9.17) is 21.1 Å². The minimum absolute atomic E-state index is 0.00509. The topological polar surface area (TPSA) is 103 Å². The summed E-state index contributed by atoms with van der Waals surface area (Å²) in [6.07, 6.45) is 0.617. The molecule has 0 atom stereocenters. The van der Waals surface area contributed by atoms with E-state index in [0.29, 0.717) is 54.2 Å². The molecule has 178 valence electrons. The fraction of sp³-hybridized carbons (Fsp3) is 0.393.